The van der Waals surface area contributed by atoms with E-state index in [1.165, 1.54) is 18.2 Å². The fourth-order valence-electron chi connectivity index (χ4n) is 3.31. The van der Waals surface area contributed by atoms with Crippen LogP contribution in [0.4, 0.5) is 5.82 Å². The molecule has 0 aliphatic carbocycles. The highest BCUT2D eigenvalue weighted by Crippen LogP contribution is 2.31. The number of imidazole rings is 1. The predicted octanol–water partition coefficient (Wildman–Crippen LogP) is -0.140. The summed E-state index contributed by atoms with van der Waals surface area (Å²) >= 11 is 0. The van der Waals surface area contributed by atoms with Gasteiger partial charge in [-0.25, -0.2) is 15.0 Å². The Bertz CT molecular complexity index is 903. The van der Waals surface area contributed by atoms with Crippen LogP contribution >= 0.6 is 0 Å². The number of aromatic nitrogens is 4. The van der Waals surface area contributed by atoms with Crippen LogP contribution in [-0.2, 0) is 11.2 Å². The highest BCUT2D eigenvalue weighted by Gasteiger charge is 2.44. The molecule has 9 heteroatoms. The van der Waals surface area contributed by atoms with E-state index in [0.717, 1.165) is 13.0 Å². The molecule has 2 aromatic heterocycles. The van der Waals surface area contributed by atoms with E-state index in [9.17, 15) is 10.2 Å². The summed E-state index contributed by atoms with van der Waals surface area (Å²) in [6.07, 6.45) is 0.239. The summed E-state index contributed by atoms with van der Waals surface area (Å²) in [6.45, 7) is 1.17. The Kier molecular flexibility index (Phi) is 4.99. The van der Waals surface area contributed by atoms with Gasteiger partial charge in [0.1, 0.15) is 30.2 Å². The summed E-state index contributed by atoms with van der Waals surface area (Å²) in [5.41, 5.74) is 7.92. The van der Waals surface area contributed by atoms with Gasteiger partial charge in [-0.2, -0.15) is 0 Å². The maximum atomic E-state index is 10.4. The quantitative estimate of drug-likeness (QED) is 0.441. The van der Waals surface area contributed by atoms with Crippen molar-refractivity contribution >= 4 is 17.0 Å². The lowest BCUT2D eigenvalue weighted by atomic mass is 10.1. The van der Waals surface area contributed by atoms with Crippen LogP contribution in [0.15, 0.2) is 43.0 Å². The van der Waals surface area contributed by atoms with E-state index in [2.05, 4.69) is 32.4 Å². The second-order valence-corrected chi connectivity index (χ2v) is 6.57. The van der Waals surface area contributed by atoms with E-state index in [-0.39, 0.29) is 5.82 Å². The zero-order valence-electron chi connectivity index (χ0n) is 14.6. The first kappa shape index (κ1) is 17.8. The molecule has 0 amide bonds. The average Bonchev–Trinajstić information content (AvgIpc) is 3.23. The summed E-state index contributed by atoms with van der Waals surface area (Å²) in [5.74, 6) is 0.255. The van der Waals surface area contributed by atoms with Gasteiger partial charge in [0, 0.05) is 6.54 Å². The fraction of sp³-hybridized carbons (Fsp3) is 0.389. The van der Waals surface area contributed by atoms with E-state index in [1.54, 1.807) is 4.57 Å². The Labute approximate surface area is 155 Å². The molecule has 0 spiro atoms. The minimum atomic E-state index is -1.10. The minimum Gasteiger partial charge on any atom is -0.387 e. The molecule has 4 rings (SSSR count). The van der Waals surface area contributed by atoms with Crippen LogP contribution in [0.1, 0.15) is 11.8 Å². The Hall–Kier alpha value is -2.59. The molecule has 0 radical (unpaired) electrons. The van der Waals surface area contributed by atoms with Crippen LogP contribution in [0.2, 0.25) is 0 Å². The molecule has 27 heavy (non-hydrogen) atoms. The number of hydrogen-bond acceptors (Lipinski definition) is 8. The summed E-state index contributed by atoms with van der Waals surface area (Å²) in [4.78, 5) is 12.2. The first-order chi connectivity index (χ1) is 13.1. The maximum Gasteiger partial charge on any atom is 0.167 e. The molecule has 4 atom stereocenters. The molecular weight excluding hydrogens is 348 g/mol. The third-order valence-corrected chi connectivity index (χ3v) is 4.78. The van der Waals surface area contributed by atoms with Gasteiger partial charge in [-0.3, -0.25) is 4.57 Å². The summed E-state index contributed by atoms with van der Waals surface area (Å²) in [7, 11) is 0. The molecule has 1 aromatic carbocycles. The number of nitrogens with one attached hydrogen (secondary N) is 1. The largest absolute Gasteiger partial charge is 0.387 e. The number of benzene rings is 1. The van der Waals surface area contributed by atoms with Gasteiger partial charge in [0.15, 0.2) is 17.7 Å². The Morgan fingerprint density at radius 3 is 2.74 bits per heavy atom. The van der Waals surface area contributed by atoms with Gasteiger partial charge >= 0.3 is 0 Å². The second kappa shape index (κ2) is 7.57. The minimum absolute atomic E-state index is 0.255. The van der Waals surface area contributed by atoms with Crippen molar-refractivity contribution in [2.75, 3.05) is 18.8 Å². The summed E-state index contributed by atoms with van der Waals surface area (Å²) in [6, 6.07) is 10.1. The van der Waals surface area contributed by atoms with Crippen molar-refractivity contribution in [2.24, 2.45) is 0 Å². The van der Waals surface area contributed by atoms with E-state index in [4.69, 9.17) is 10.5 Å². The van der Waals surface area contributed by atoms with Crippen LogP contribution in [-0.4, -0.2) is 61.1 Å². The number of nitrogens with two attached hydrogens (primary N) is 1. The molecule has 3 aromatic rings. The lowest BCUT2D eigenvalue weighted by Crippen LogP contribution is -2.38. The molecule has 1 aliphatic heterocycles. The first-order valence-corrected chi connectivity index (χ1v) is 8.84. The molecular formula is C18H22N6O3. The van der Waals surface area contributed by atoms with Crippen LogP contribution < -0.4 is 11.1 Å². The van der Waals surface area contributed by atoms with Gasteiger partial charge in [-0.15, -0.1) is 0 Å². The van der Waals surface area contributed by atoms with Crippen molar-refractivity contribution in [3.05, 3.63) is 48.5 Å². The highest BCUT2D eigenvalue weighted by atomic mass is 16.6. The number of aliphatic hydroxyl groups is 2. The number of fused-ring (bicyclic) bond motifs is 1. The number of nitrogen functional groups attached to an aromatic ring is 1. The number of nitrogens with zero attached hydrogens (tertiary/aromatic N) is 4. The summed E-state index contributed by atoms with van der Waals surface area (Å²) in [5, 5.41) is 24.1. The molecule has 0 unspecified atom stereocenters. The van der Waals surface area contributed by atoms with Gasteiger partial charge in [-0.1, -0.05) is 30.3 Å². The monoisotopic (exact) mass is 370 g/mol. The number of aliphatic hydroxyl groups excluding tert-OH is 2. The first-order valence-electron chi connectivity index (χ1n) is 8.84. The van der Waals surface area contributed by atoms with Crippen molar-refractivity contribution in [1.82, 2.24) is 24.8 Å². The Morgan fingerprint density at radius 1 is 1.11 bits per heavy atom. The van der Waals surface area contributed by atoms with Gasteiger partial charge < -0.3 is 26.0 Å². The van der Waals surface area contributed by atoms with Gasteiger partial charge in [-0.05, 0) is 18.5 Å². The normalized spacial score (nSPS) is 25.3. The van der Waals surface area contributed by atoms with Crippen LogP contribution in [0.5, 0.6) is 0 Å². The zero-order valence-corrected chi connectivity index (χ0v) is 14.6. The van der Waals surface area contributed by atoms with E-state index >= 15 is 0 Å². The van der Waals surface area contributed by atoms with Crippen LogP contribution in [0.3, 0.4) is 0 Å². The molecule has 0 saturated carbocycles. The van der Waals surface area contributed by atoms with Crippen molar-refractivity contribution in [1.29, 1.82) is 0 Å². The molecule has 9 nitrogen and oxygen atoms in total. The maximum absolute atomic E-state index is 10.4. The van der Waals surface area contributed by atoms with Crippen molar-refractivity contribution in [3.8, 4) is 0 Å². The van der Waals surface area contributed by atoms with Gasteiger partial charge in [0.05, 0.1) is 6.33 Å². The summed E-state index contributed by atoms with van der Waals surface area (Å²) < 4.78 is 7.46. The standard InChI is InChI=1S/C18H22N6O3/c19-16-13-17(22-9-21-16)24(10-23-13)18-15(26)14(25)12(27-18)8-20-7-6-11-4-2-1-3-5-11/h1-5,9-10,12,14-15,18,20,25-26H,6-8H2,(H2,19,21,22)/t12-,14-,15-,18-/m1/s1. The average molecular weight is 370 g/mol. The Morgan fingerprint density at radius 2 is 1.93 bits per heavy atom. The van der Waals surface area contributed by atoms with Crippen molar-refractivity contribution in [3.63, 3.8) is 0 Å². The molecule has 1 fully saturated rings. The third-order valence-electron chi connectivity index (χ3n) is 4.78. The van der Waals surface area contributed by atoms with Crippen LogP contribution in [0.25, 0.3) is 11.2 Å². The van der Waals surface area contributed by atoms with Crippen molar-refractivity contribution < 1.29 is 14.9 Å². The topological polar surface area (TPSA) is 131 Å². The van der Waals surface area contributed by atoms with Gasteiger partial charge in [0.25, 0.3) is 0 Å². The molecule has 0 bridgehead atoms. The molecule has 5 N–H and O–H groups in total. The van der Waals surface area contributed by atoms with Crippen molar-refractivity contribution in [2.45, 2.75) is 31.0 Å². The third kappa shape index (κ3) is 3.50. The van der Waals surface area contributed by atoms with E-state index in [0.29, 0.717) is 17.7 Å². The lowest BCUT2D eigenvalue weighted by molar-refractivity contribution is -0.0341. The highest BCUT2D eigenvalue weighted by molar-refractivity contribution is 5.81. The Balaban J connectivity index is 1.39. The number of hydrogen-bond donors (Lipinski definition) is 4. The lowest BCUT2D eigenvalue weighted by Gasteiger charge is -2.16. The van der Waals surface area contributed by atoms with Crippen LogP contribution in [0, 0.1) is 0 Å². The smallest absolute Gasteiger partial charge is 0.167 e. The van der Waals surface area contributed by atoms with E-state index in [1.807, 2.05) is 18.2 Å². The number of ether oxygens (including phenoxy) is 1. The number of anilines is 1. The van der Waals surface area contributed by atoms with E-state index < -0.39 is 24.5 Å². The molecule has 3 heterocycles. The van der Waals surface area contributed by atoms with Gasteiger partial charge in [0.2, 0.25) is 0 Å². The number of rotatable bonds is 6. The molecule has 1 saturated heterocycles. The SMILES string of the molecule is Nc1ncnc2c1ncn2[C@@H]1O[C@H](CNCCc2ccccc2)[C@@H](O)[C@H]1O. The predicted molar refractivity (Wildman–Crippen MR) is 98.7 cm³/mol. The molecule has 142 valence electrons. The zero-order chi connectivity index (χ0) is 18.8. The second-order valence-electron chi connectivity index (χ2n) is 6.57. The fourth-order valence-corrected chi connectivity index (χ4v) is 3.31. The molecule has 1 aliphatic rings.